The molecule has 0 saturated carbocycles. The molecule has 1 amide bonds. The first-order valence-corrected chi connectivity index (χ1v) is 9.33. The summed E-state index contributed by atoms with van der Waals surface area (Å²) in [4.78, 5) is 16.5. The van der Waals surface area contributed by atoms with Gasteiger partial charge in [-0.1, -0.05) is 31.7 Å². The lowest BCUT2D eigenvalue weighted by Crippen LogP contribution is -2.49. The molecule has 1 aliphatic rings. The average Bonchev–Trinajstić information content (AvgIpc) is 2.67. The first kappa shape index (κ1) is 19.6. The van der Waals surface area contributed by atoms with Crippen LogP contribution in [-0.4, -0.2) is 60.6 Å². The normalized spacial score (nSPS) is 17.1. The molecule has 1 aromatic rings. The number of carbonyl (C=O) groups is 1. The number of alkyl halides is 1. The zero-order valence-electron chi connectivity index (χ0n) is 14.8. The second kappa shape index (κ2) is 9.68. The fourth-order valence-electron chi connectivity index (χ4n) is 2.95. The van der Waals surface area contributed by atoms with Gasteiger partial charge in [0, 0.05) is 50.0 Å². The predicted molar refractivity (Wildman–Crippen MR) is 103 cm³/mol. The minimum Gasteiger partial charge on any atom is -0.386 e. The van der Waals surface area contributed by atoms with Crippen LogP contribution in [0.2, 0.25) is 0 Å². The Bertz CT molecular complexity index is 559. The molecule has 0 aliphatic carbocycles. The molecule has 0 bridgehead atoms. The third-order valence-corrected chi connectivity index (χ3v) is 4.91. The van der Waals surface area contributed by atoms with E-state index in [9.17, 15) is 9.90 Å². The number of carbonyl (C=O) groups excluding carboxylic acids is 1. The predicted octanol–water partition coefficient (Wildman–Crippen LogP) is 2.06. The molecule has 2 rings (SSSR count). The Balaban J connectivity index is 1.83. The van der Waals surface area contributed by atoms with Gasteiger partial charge in [-0.15, -0.1) is 11.6 Å². The van der Waals surface area contributed by atoms with Crippen LogP contribution < -0.4 is 10.2 Å². The molecule has 1 fully saturated rings. The van der Waals surface area contributed by atoms with Gasteiger partial charge >= 0.3 is 0 Å². The number of benzene rings is 1. The first-order chi connectivity index (χ1) is 12.0. The topological polar surface area (TPSA) is 55.8 Å². The van der Waals surface area contributed by atoms with Crippen molar-refractivity contribution < 1.29 is 9.90 Å². The number of aliphatic hydroxyl groups is 1. The molecule has 1 aromatic carbocycles. The van der Waals surface area contributed by atoms with Crippen LogP contribution in [0.4, 0.5) is 5.69 Å². The Morgan fingerprint density at radius 2 is 1.92 bits per heavy atom. The van der Waals surface area contributed by atoms with Crippen molar-refractivity contribution in [1.29, 1.82) is 0 Å². The number of amides is 1. The molecule has 0 spiro atoms. The molecule has 5 nitrogen and oxygen atoms in total. The number of para-hydroxylation sites is 1. The van der Waals surface area contributed by atoms with Crippen molar-refractivity contribution in [1.82, 2.24) is 10.2 Å². The van der Waals surface area contributed by atoms with Crippen LogP contribution in [0.1, 0.15) is 13.3 Å². The van der Waals surface area contributed by atoms with E-state index in [1.165, 1.54) is 5.69 Å². The van der Waals surface area contributed by atoms with Crippen LogP contribution in [-0.2, 0) is 4.79 Å². The molecule has 1 heterocycles. The van der Waals surface area contributed by atoms with Gasteiger partial charge in [0.15, 0.2) is 0 Å². The minimum atomic E-state index is -0.876. The summed E-state index contributed by atoms with van der Waals surface area (Å²) >= 11 is 5.61. The second-order valence-corrected chi connectivity index (χ2v) is 6.75. The maximum absolute atomic E-state index is 12.1. The van der Waals surface area contributed by atoms with Gasteiger partial charge in [-0.2, -0.15) is 0 Å². The van der Waals surface area contributed by atoms with E-state index in [-0.39, 0.29) is 5.91 Å². The van der Waals surface area contributed by atoms with Crippen molar-refractivity contribution in [3.05, 3.63) is 42.6 Å². The highest BCUT2D eigenvalue weighted by atomic mass is 35.5. The molecule has 6 heteroatoms. The lowest BCUT2D eigenvalue weighted by atomic mass is 10.00. The van der Waals surface area contributed by atoms with Crippen LogP contribution in [0.25, 0.3) is 0 Å². The number of halogens is 1. The van der Waals surface area contributed by atoms with E-state index in [0.717, 1.165) is 32.6 Å². The van der Waals surface area contributed by atoms with Gasteiger partial charge in [-0.3, -0.25) is 4.79 Å². The number of piperazine rings is 1. The number of rotatable bonds is 8. The molecule has 2 N–H and O–H groups in total. The molecule has 1 aliphatic heterocycles. The Labute approximate surface area is 155 Å². The number of hydrogen-bond donors (Lipinski definition) is 2. The van der Waals surface area contributed by atoms with E-state index in [2.05, 4.69) is 33.8 Å². The van der Waals surface area contributed by atoms with Gasteiger partial charge in [0.05, 0.1) is 5.92 Å². The Hall–Kier alpha value is -1.72. The molecular formula is C19H28ClN3O2. The Morgan fingerprint density at radius 3 is 2.52 bits per heavy atom. The Morgan fingerprint density at radius 1 is 1.28 bits per heavy atom. The third kappa shape index (κ3) is 5.38. The second-order valence-electron chi connectivity index (χ2n) is 6.37. The maximum Gasteiger partial charge on any atom is 0.225 e. The van der Waals surface area contributed by atoms with Crippen LogP contribution >= 0.6 is 11.6 Å². The number of nitrogens with one attached hydrogen (secondary N) is 1. The lowest BCUT2D eigenvalue weighted by molar-refractivity contribution is -0.127. The van der Waals surface area contributed by atoms with Crippen molar-refractivity contribution in [3.63, 3.8) is 0 Å². The summed E-state index contributed by atoms with van der Waals surface area (Å²) in [5.41, 5.74) is 1.83. The molecule has 1 saturated heterocycles. The summed E-state index contributed by atoms with van der Waals surface area (Å²) in [7, 11) is 0. The van der Waals surface area contributed by atoms with Gasteiger partial charge in [-0.05, 0) is 18.6 Å². The summed E-state index contributed by atoms with van der Waals surface area (Å²) in [5.74, 6) is -0.188. The summed E-state index contributed by atoms with van der Waals surface area (Å²) in [6.45, 7) is 9.59. The van der Waals surface area contributed by atoms with E-state index in [1.807, 2.05) is 18.2 Å². The zero-order valence-corrected chi connectivity index (χ0v) is 15.6. The van der Waals surface area contributed by atoms with Gasteiger partial charge in [-0.25, -0.2) is 0 Å². The zero-order chi connectivity index (χ0) is 18.2. The smallest absolute Gasteiger partial charge is 0.225 e. The summed E-state index contributed by atoms with van der Waals surface area (Å²) in [6, 6.07) is 10.3. The molecule has 25 heavy (non-hydrogen) atoms. The first-order valence-electron chi connectivity index (χ1n) is 8.80. The summed E-state index contributed by atoms with van der Waals surface area (Å²) < 4.78 is 0. The monoisotopic (exact) mass is 365 g/mol. The summed E-state index contributed by atoms with van der Waals surface area (Å²) in [5, 5.41) is 13.3. The van der Waals surface area contributed by atoms with E-state index < -0.39 is 12.0 Å². The summed E-state index contributed by atoms with van der Waals surface area (Å²) in [6.07, 6.45) is -0.155. The largest absolute Gasteiger partial charge is 0.386 e. The van der Waals surface area contributed by atoms with Crippen LogP contribution in [0, 0.1) is 5.92 Å². The minimum absolute atomic E-state index is 0.165. The van der Waals surface area contributed by atoms with Crippen LogP contribution in [0.3, 0.4) is 0 Å². The third-order valence-electron chi connectivity index (χ3n) is 4.65. The van der Waals surface area contributed by atoms with E-state index in [0.29, 0.717) is 18.1 Å². The average molecular weight is 366 g/mol. The highest BCUT2D eigenvalue weighted by molar-refractivity contribution is 6.17. The highest BCUT2D eigenvalue weighted by Gasteiger charge is 2.28. The molecule has 2 atom stereocenters. The van der Waals surface area contributed by atoms with Gasteiger partial charge < -0.3 is 20.2 Å². The van der Waals surface area contributed by atoms with E-state index in [1.54, 1.807) is 6.92 Å². The Kier molecular flexibility index (Phi) is 7.59. The van der Waals surface area contributed by atoms with Crippen LogP contribution in [0.5, 0.6) is 0 Å². The number of hydrogen-bond acceptors (Lipinski definition) is 4. The van der Waals surface area contributed by atoms with Crippen molar-refractivity contribution in [2.75, 3.05) is 43.5 Å². The van der Waals surface area contributed by atoms with Crippen molar-refractivity contribution in [2.45, 2.75) is 19.4 Å². The molecule has 138 valence electrons. The van der Waals surface area contributed by atoms with Gasteiger partial charge in [0.1, 0.15) is 6.10 Å². The SMILES string of the molecule is C=C(C(O)C(C)C(=O)NCCCCl)N1CCN(c2ccccc2)CC1. The molecular weight excluding hydrogens is 338 g/mol. The fourth-order valence-corrected chi connectivity index (χ4v) is 3.08. The van der Waals surface area contributed by atoms with E-state index in [4.69, 9.17) is 11.6 Å². The highest BCUT2D eigenvalue weighted by Crippen LogP contribution is 2.20. The van der Waals surface area contributed by atoms with Gasteiger partial charge in [0.2, 0.25) is 5.91 Å². The lowest BCUT2D eigenvalue weighted by Gasteiger charge is -2.40. The van der Waals surface area contributed by atoms with Crippen molar-refractivity contribution in [3.8, 4) is 0 Å². The van der Waals surface area contributed by atoms with Crippen molar-refractivity contribution >= 4 is 23.2 Å². The van der Waals surface area contributed by atoms with Crippen LogP contribution in [0.15, 0.2) is 42.6 Å². The number of anilines is 1. The fraction of sp³-hybridized carbons (Fsp3) is 0.526. The quantitative estimate of drug-likeness (QED) is 0.547. The number of aliphatic hydroxyl groups excluding tert-OH is 1. The maximum atomic E-state index is 12.1. The molecule has 0 aromatic heterocycles. The standard InChI is InChI=1S/C19H28ClN3O2/c1-15(19(25)21-10-6-9-20)18(24)16(2)22-11-13-23(14-12-22)17-7-4-3-5-8-17/h3-5,7-8,15,18,24H,2,6,9-14H2,1H3,(H,21,25). The number of nitrogens with zero attached hydrogens (tertiary/aromatic N) is 2. The molecule has 2 unspecified atom stereocenters. The van der Waals surface area contributed by atoms with E-state index >= 15 is 0 Å². The van der Waals surface area contributed by atoms with Crippen molar-refractivity contribution in [2.24, 2.45) is 5.92 Å². The van der Waals surface area contributed by atoms with Gasteiger partial charge in [0.25, 0.3) is 0 Å². The molecule has 0 radical (unpaired) electrons.